The van der Waals surface area contributed by atoms with Crippen LogP contribution in [0.15, 0.2) is 47.2 Å². The molecule has 1 aromatic carbocycles. The molecule has 0 amide bonds. The number of fused-ring (bicyclic) bond motifs is 1. The van der Waals surface area contributed by atoms with Gasteiger partial charge in [-0.05, 0) is 12.1 Å². The van der Waals surface area contributed by atoms with Crippen molar-refractivity contribution in [2.24, 2.45) is 0 Å². The molecule has 0 aliphatic carbocycles. The Labute approximate surface area is 102 Å². The normalized spacial score (nSPS) is 10.7. The summed E-state index contributed by atoms with van der Waals surface area (Å²) >= 11 is 0. The van der Waals surface area contributed by atoms with Crippen LogP contribution in [0.1, 0.15) is 10.4 Å². The smallest absolute Gasteiger partial charge is 0.341 e. The van der Waals surface area contributed by atoms with Crippen LogP contribution in [0.4, 0.5) is 0 Å². The molecule has 0 bridgehead atoms. The van der Waals surface area contributed by atoms with E-state index in [1.807, 2.05) is 24.3 Å². The first-order chi connectivity index (χ1) is 8.77. The average Bonchev–Trinajstić information content (AvgIpc) is 2.87. The van der Waals surface area contributed by atoms with Gasteiger partial charge in [-0.2, -0.15) is 0 Å². The van der Waals surface area contributed by atoms with Gasteiger partial charge in [-0.15, -0.1) is 0 Å². The molecule has 0 spiro atoms. The number of carboxylic acid groups (broad SMARTS) is 1. The molecule has 0 unspecified atom stereocenters. The summed E-state index contributed by atoms with van der Waals surface area (Å²) in [5, 5.41) is 13.5. The summed E-state index contributed by atoms with van der Waals surface area (Å²) in [6.07, 6.45) is 2.82. The van der Waals surface area contributed by atoms with E-state index in [9.17, 15) is 4.79 Å². The molecule has 3 aromatic rings. The minimum Gasteiger partial charge on any atom is -0.477 e. The standard InChI is InChI=1S/C13H8N2O3/c16-13(17)10-7-15-18-12(10)9-5-6-14-11-4-2-1-3-8(9)11/h1-7H,(H,16,17). The van der Waals surface area contributed by atoms with Crippen LogP contribution in [0.3, 0.4) is 0 Å². The quantitative estimate of drug-likeness (QED) is 0.745. The van der Waals surface area contributed by atoms with E-state index >= 15 is 0 Å². The zero-order valence-electron chi connectivity index (χ0n) is 9.20. The van der Waals surface area contributed by atoms with Crippen LogP contribution in [0.25, 0.3) is 22.2 Å². The van der Waals surface area contributed by atoms with Crippen LogP contribution in [0, 0.1) is 0 Å². The number of pyridine rings is 1. The van der Waals surface area contributed by atoms with Gasteiger partial charge in [-0.3, -0.25) is 4.98 Å². The van der Waals surface area contributed by atoms with E-state index in [2.05, 4.69) is 10.1 Å². The van der Waals surface area contributed by atoms with Gasteiger partial charge >= 0.3 is 5.97 Å². The highest BCUT2D eigenvalue weighted by atomic mass is 16.5. The maximum atomic E-state index is 11.1. The Hall–Kier alpha value is -2.69. The summed E-state index contributed by atoms with van der Waals surface area (Å²) < 4.78 is 5.06. The highest BCUT2D eigenvalue weighted by Gasteiger charge is 2.18. The van der Waals surface area contributed by atoms with Gasteiger partial charge in [-0.25, -0.2) is 4.79 Å². The number of rotatable bonds is 2. The van der Waals surface area contributed by atoms with E-state index in [0.717, 1.165) is 10.9 Å². The zero-order valence-corrected chi connectivity index (χ0v) is 9.20. The Balaban J connectivity index is 2.32. The molecule has 1 N–H and O–H groups in total. The molecule has 0 aliphatic rings. The lowest BCUT2D eigenvalue weighted by molar-refractivity contribution is 0.0697. The van der Waals surface area contributed by atoms with Gasteiger partial charge in [-0.1, -0.05) is 23.4 Å². The minimum absolute atomic E-state index is 0.0475. The van der Waals surface area contributed by atoms with Gasteiger partial charge in [0, 0.05) is 17.1 Å². The average molecular weight is 240 g/mol. The monoisotopic (exact) mass is 240 g/mol. The Bertz CT molecular complexity index is 728. The molecular weight excluding hydrogens is 232 g/mol. The number of aromatic carboxylic acids is 1. The molecule has 0 saturated carbocycles. The fourth-order valence-corrected chi connectivity index (χ4v) is 1.88. The van der Waals surface area contributed by atoms with Gasteiger partial charge in [0.25, 0.3) is 0 Å². The molecule has 0 atom stereocenters. The molecule has 0 aliphatic heterocycles. The summed E-state index contributed by atoms with van der Waals surface area (Å²) in [6.45, 7) is 0. The predicted octanol–water partition coefficient (Wildman–Crippen LogP) is 2.59. The van der Waals surface area contributed by atoms with Crippen molar-refractivity contribution in [1.29, 1.82) is 0 Å². The van der Waals surface area contributed by atoms with Crippen LogP contribution < -0.4 is 0 Å². The Morgan fingerprint density at radius 1 is 1.22 bits per heavy atom. The van der Waals surface area contributed by atoms with Crippen LogP contribution in [-0.2, 0) is 0 Å². The maximum absolute atomic E-state index is 11.1. The van der Waals surface area contributed by atoms with Crippen LogP contribution in [0.2, 0.25) is 0 Å². The van der Waals surface area contributed by atoms with Gasteiger partial charge in [0.15, 0.2) is 5.76 Å². The second-order valence-corrected chi connectivity index (χ2v) is 3.75. The number of hydrogen-bond acceptors (Lipinski definition) is 4. The number of aromatic nitrogens is 2. The summed E-state index contributed by atoms with van der Waals surface area (Å²) in [6, 6.07) is 9.18. The lowest BCUT2D eigenvalue weighted by Crippen LogP contribution is -1.96. The van der Waals surface area contributed by atoms with E-state index in [1.165, 1.54) is 6.20 Å². The summed E-state index contributed by atoms with van der Waals surface area (Å²) in [7, 11) is 0. The minimum atomic E-state index is -1.06. The summed E-state index contributed by atoms with van der Waals surface area (Å²) in [5.41, 5.74) is 1.50. The molecule has 2 aromatic heterocycles. The fourth-order valence-electron chi connectivity index (χ4n) is 1.88. The first-order valence-electron chi connectivity index (χ1n) is 5.29. The topological polar surface area (TPSA) is 76.2 Å². The van der Waals surface area contributed by atoms with Crippen LogP contribution >= 0.6 is 0 Å². The SMILES string of the molecule is O=C(O)c1cnoc1-c1ccnc2ccccc12. The molecule has 0 radical (unpaired) electrons. The number of hydrogen-bond donors (Lipinski definition) is 1. The first-order valence-corrected chi connectivity index (χ1v) is 5.29. The number of para-hydroxylation sites is 1. The van der Waals surface area contributed by atoms with Gasteiger partial charge in [0.05, 0.1) is 11.7 Å². The van der Waals surface area contributed by atoms with Crippen LogP contribution in [-0.4, -0.2) is 21.2 Å². The molecule has 0 fully saturated rings. The zero-order chi connectivity index (χ0) is 12.5. The maximum Gasteiger partial charge on any atom is 0.341 e. The van der Waals surface area contributed by atoms with Crippen molar-refractivity contribution in [3.05, 3.63) is 48.3 Å². The Morgan fingerprint density at radius 3 is 2.89 bits per heavy atom. The third-order valence-electron chi connectivity index (χ3n) is 2.69. The third kappa shape index (κ3) is 1.53. The van der Waals surface area contributed by atoms with Gasteiger partial charge in [0.2, 0.25) is 0 Å². The lowest BCUT2D eigenvalue weighted by Gasteiger charge is -2.02. The summed E-state index contributed by atoms with van der Waals surface area (Å²) in [5.74, 6) is -0.812. The highest BCUT2D eigenvalue weighted by Crippen LogP contribution is 2.29. The summed E-state index contributed by atoms with van der Waals surface area (Å²) in [4.78, 5) is 15.3. The van der Waals surface area contributed by atoms with E-state index in [0.29, 0.717) is 5.56 Å². The molecule has 5 nitrogen and oxygen atoms in total. The largest absolute Gasteiger partial charge is 0.477 e. The number of nitrogens with zero attached hydrogens (tertiary/aromatic N) is 2. The van der Waals surface area contributed by atoms with E-state index < -0.39 is 5.97 Å². The third-order valence-corrected chi connectivity index (χ3v) is 2.69. The first kappa shape index (κ1) is 10.5. The van der Waals surface area contributed by atoms with Crippen molar-refractivity contribution < 1.29 is 14.4 Å². The van der Waals surface area contributed by atoms with Crippen LogP contribution in [0.5, 0.6) is 0 Å². The Morgan fingerprint density at radius 2 is 2.06 bits per heavy atom. The van der Waals surface area contributed by atoms with Crippen molar-refractivity contribution in [2.75, 3.05) is 0 Å². The molecular formula is C13H8N2O3. The van der Waals surface area contributed by atoms with E-state index in [1.54, 1.807) is 12.3 Å². The molecule has 2 heterocycles. The number of benzene rings is 1. The molecule has 3 rings (SSSR count). The fraction of sp³-hybridized carbons (Fsp3) is 0. The van der Waals surface area contributed by atoms with Gasteiger partial charge in [0.1, 0.15) is 5.56 Å². The second-order valence-electron chi connectivity index (χ2n) is 3.75. The molecule has 18 heavy (non-hydrogen) atoms. The lowest BCUT2D eigenvalue weighted by atomic mass is 10.0. The van der Waals surface area contributed by atoms with E-state index in [-0.39, 0.29) is 11.3 Å². The number of carbonyl (C=O) groups is 1. The predicted molar refractivity (Wildman–Crippen MR) is 64.2 cm³/mol. The van der Waals surface area contributed by atoms with E-state index in [4.69, 9.17) is 9.63 Å². The second kappa shape index (κ2) is 3.96. The Kier molecular flexibility index (Phi) is 2.30. The molecule has 0 saturated heterocycles. The van der Waals surface area contributed by atoms with Gasteiger partial charge < -0.3 is 9.63 Å². The van der Waals surface area contributed by atoms with Crippen molar-refractivity contribution >= 4 is 16.9 Å². The van der Waals surface area contributed by atoms with Crippen molar-refractivity contribution in [2.45, 2.75) is 0 Å². The number of carboxylic acids is 1. The van der Waals surface area contributed by atoms with Crippen molar-refractivity contribution in [3.63, 3.8) is 0 Å². The highest BCUT2D eigenvalue weighted by molar-refractivity contribution is 6.00. The van der Waals surface area contributed by atoms with Crippen molar-refractivity contribution in [3.8, 4) is 11.3 Å². The molecule has 88 valence electrons. The van der Waals surface area contributed by atoms with Crippen molar-refractivity contribution in [1.82, 2.24) is 10.1 Å². The molecule has 5 heteroatoms.